The molecule has 0 amide bonds. The summed E-state index contributed by atoms with van der Waals surface area (Å²) in [6.45, 7) is 1.93. The molecule has 5 nitrogen and oxygen atoms in total. The Morgan fingerprint density at radius 3 is 3.00 bits per heavy atom. The van der Waals surface area contributed by atoms with Crippen molar-refractivity contribution >= 4 is 33.2 Å². The van der Waals surface area contributed by atoms with Crippen molar-refractivity contribution in [2.24, 2.45) is 0 Å². The van der Waals surface area contributed by atoms with Gasteiger partial charge in [-0.3, -0.25) is 0 Å². The van der Waals surface area contributed by atoms with Gasteiger partial charge in [0.15, 0.2) is 5.13 Å². The molecule has 0 bridgehead atoms. The van der Waals surface area contributed by atoms with Gasteiger partial charge in [0.05, 0.1) is 17.2 Å². The molecule has 3 rings (SSSR count). The van der Waals surface area contributed by atoms with Crippen LogP contribution in [0.2, 0.25) is 0 Å². The van der Waals surface area contributed by atoms with Crippen molar-refractivity contribution in [1.82, 2.24) is 15.0 Å². The molecule has 0 spiro atoms. The Morgan fingerprint density at radius 2 is 2.26 bits per heavy atom. The third-order valence-electron chi connectivity index (χ3n) is 2.86. The van der Waals surface area contributed by atoms with E-state index in [0.29, 0.717) is 4.88 Å². The molecule has 0 saturated heterocycles. The number of benzene rings is 1. The summed E-state index contributed by atoms with van der Waals surface area (Å²) in [6.07, 6.45) is 1.59. The van der Waals surface area contributed by atoms with Gasteiger partial charge in [0.25, 0.3) is 0 Å². The quantitative estimate of drug-likeness (QED) is 0.776. The van der Waals surface area contributed by atoms with Crippen LogP contribution in [0.25, 0.3) is 11.0 Å². The predicted octanol–water partition coefficient (Wildman–Crippen LogP) is 2.97. The number of anilines is 2. The summed E-state index contributed by atoms with van der Waals surface area (Å²) < 4.78 is 0. The minimum atomic E-state index is 0.611. The van der Waals surface area contributed by atoms with Crippen molar-refractivity contribution < 1.29 is 0 Å². The SMILES string of the molecule is Cc1nc2ccc(N(C)c3ncc(C#N)s3)cc2[nH]1. The number of H-pyrrole nitrogens is 1. The van der Waals surface area contributed by atoms with Crippen LogP contribution in [0, 0.1) is 18.3 Å². The molecule has 2 aromatic heterocycles. The fourth-order valence-electron chi connectivity index (χ4n) is 1.92. The van der Waals surface area contributed by atoms with Crippen molar-refractivity contribution in [3.8, 4) is 6.07 Å². The molecule has 0 aliphatic carbocycles. The number of aryl methyl sites for hydroxylation is 1. The fraction of sp³-hybridized carbons (Fsp3) is 0.154. The maximum absolute atomic E-state index is 8.84. The zero-order valence-corrected chi connectivity index (χ0v) is 11.3. The second-order valence-corrected chi connectivity index (χ2v) is 5.21. The average Bonchev–Trinajstić information content (AvgIpc) is 3.01. The van der Waals surface area contributed by atoms with E-state index in [-0.39, 0.29) is 0 Å². The Hall–Kier alpha value is -2.39. The van der Waals surface area contributed by atoms with E-state index in [0.717, 1.165) is 27.7 Å². The monoisotopic (exact) mass is 269 g/mol. The van der Waals surface area contributed by atoms with Crippen molar-refractivity contribution in [3.05, 3.63) is 35.1 Å². The van der Waals surface area contributed by atoms with Gasteiger partial charge in [0.2, 0.25) is 0 Å². The molecule has 0 unspecified atom stereocenters. The van der Waals surface area contributed by atoms with Crippen LogP contribution in [0.3, 0.4) is 0 Å². The lowest BCUT2D eigenvalue weighted by Gasteiger charge is -2.15. The second-order valence-electron chi connectivity index (χ2n) is 4.20. The van der Waals surface area contributed by atoms with E-state index in [1.54, 1.807) is 6.20 Å². The van der Waals surface area contributed by atoms with E-state index >= 15 is 0 Å². The molecule has 0 aliphatic heterocycles. The third-order valence-corrected chi connectivity index (χ3v) is 3.84. The largest absolute Gasteiger partial charge is 0.342 e. The predicted molar refractivity (Wildman–Crippen MR) is 75.7 cm³/mol. The van der Waals surface area contributed by atoms with Gasteiger partial charge in [-0.05, 0) is 25.1 Å². The Balaban J connectivity index is 2.01. The lowest BCUT2D eigenvalue weighted by Crippen LogP contribution is -2.08. The standard InChI is InChI=1S/C13H11N5S/c1-8-16-11-4-3-9(5-12(11)17-8)18(2)13-15-7-10(6-14)19-13/h3-5,7H,1-2H3,(H,16,17). The molecule has 0 saturated carbocycles. The fourth-order valence-corrected chi connectivity index (χ4v) is 2.61. The van der Waals surface area contributed by atoms with E-state index in [2.05, 4.69) is 21.0 Å². The molecule has 0 aliphatic rings. The zero-order valence-electron chi connectivity index (χ0n) is 10.5. The maximum Gasteiger partial charge on any atom is 0.190 e. The Bertz CT molecular complexity index is 780. The topological polar surface area (TPSA) is 68.6 Å². The summed E-state index contributed by atoms with van der Waals surface area (Å²) in [5, 5.41) is 9.63. The van der Waals surface area contributed by atoms with Crippen molar-refractivity contribution in [2.45, 2.75) is 6.92 Å². The van der Waals surface area contributed by atoms with Crippen LogP contribution in [0.1, 0.15) is 10.7 Å². The third kappa shape index (κ3) is 2.04. The Morgan fingerprint density at radius 1 is 1.42 bits per heavy atom. The molecular weight excluding hydrogens is 258 g/mol. The van der Waals surface area contributed by atoms with Gasteiger partial charge >= 0.3 is 0 Å². The molecule has 6 heteroatoms. The van der Waals surface area contributed by atoms with Crippen LogP contribution >= 0.6 is 11.3 Å². The molecule has 0 atom stereocenters. The van der Waals surface area contributed by atoms with Gasteiger partial charge in [-0.1, -0.05) is 11.3 Å². The maximum atomic E-state index is 8.84. The summed E-state index contributed by atoms with van der Waals surface area (Å²) in [5.74, 6) is 0.899. The number of nitrogens with one attached hydrogen (secondary N) is 1. The van der Waals surface area contributed by atoms with Gasteiger partial charge < -0.3 is 9.88 Å². The van der Waals surface area contributed by atoms with Crippen LogP contribution in [0.4, 0.5) is 10.8 Å². The van der Waals surface area contributed by atoms with Gasteiger partial charge in [0, 0.05) is 12.7 Å². The van der Waals surface area contributed by atoms with E-state index < -0.39 is 0 Å². The summed E-state index contributed by atoms with van der Waals surface area (Å²) >= 11 is 1.37. The van der Waals surface area contributed by atoms with Crippen LogP contribution in [0.5, 0.6) is 0 Å². The van der Waals surface area contributed by atoms with Crippen molar-refractivity contribution in [1.29, 1.82) is 5.26 Å². The number of aromatic amines is 1. The molecule has 0 fully saturated rings. The molecule has 2 heterocycles. The number of rotatable bonds is 2. The normalized spacial score (nSPS) is 10.6. The first-order chi connectivity index (χ1) is 9.17. The van der Waals surface area contributed by atoms with E-state index in [1.165, 1.54) is 11.3 Å². The molecule has 3 aromatic rings. The molecule has 1 aromatic carbocycles. The highest BCUT2D eigenvalue weighted by molar-refractivity contribution is 7.16. The van der Waals surface area contributed by atoms with Crippen LogP contribution < -0.4 is 4.90 Å². The van der Waals surface area contributed by atoms with Gasteiger partial charge in [-0.2, -0.15) is 5.26 Å². The first-order valence-corrected chi connectivity index (χ1v) is 6.55. The molecule has 19 heavy (non-hydrogen) atoms. The number of nitriles is 1. The van der Waals surface area contributed by atoms with E-state index in [4.69, 9.17) is 5.26 Å². The Labute approximate surface area is 114 Å². The minimum absolute atomic E-state index is 0.611. The lowest BCUT2D eigenvalue weighted by molar-refractivity contribution is 1.17. The summed E-state index contributed by atoms with van der Waals surface area (Å²) in [4.78, 5) is 14.4. The number of hydrogen-bond acceptors (Lipinski definition) is 5. The zero-order chi connectivity index (χ0) is 13.4. The average molecular weight is 269 g/mol. The van der Waals surface area contributed by atoms with Crippen LogP contribution in [-0.4, -0.2) is 22.0 Å². The summed E-state index contributed by atoms with van der Waals surface area (Å²) in [6, 6.07) is 8.10. The van der Waals surface area contributed by atoms with Crippen LogP contribution in [-0.2, 0) is 0 Å². The highest BCUT2D eigenvalue weighted by Crippen LogP contribution is 2.29. The smallest absolute Gasteiger partial charge is 0.190 e. The lowest BCUT2D eigenvalue weighted by atomic mass is 10.2. The van der Waals surface area contributed by atoms with Gasteiger partial charge in [0.1, 0.15) is 16.8 Å². The van der Waals surface area contributed by atoms with E-state index in [1.807, 2.05) is 37.1 Å². The number of hydrogen-bond donors (Lipinski definition) is 1. The van der Waals surface area contributed by atoms with Crippen LogP contribution in [0.15, 0.2) is 24.4 Å². The van der Waals surface area contributed by atoms with Crippen molar-refractivity contribution in [3.63, 3.8) is 0 Å². The molecular formula is C13H11N5S. The Kier molecular flexibility index (Phi) is 2.69. The van der Waals surface area contributed by atoms with Crippen molar-refractivity contribution in [2.75, 3.05) is 11.9 Å². The molecule has 94 valence electrons. The first-order valence-electron chi connectivity index (χ1n) is 5.73. The highest BCUT2D eigenvalue weighted by atomic mass is 32.1. The van der Waals surface area contributed by atoms with Gasteiger partial charge in [-0.15, -0.1) is 0 Å². The number of nitrogens with zero attached hydrogens (tertiary/aromatic N) is 4. The second kappa shape index (κ2) is 4.37. The number of thiazole rings is 1. The summed E-state index contributed by atoms with van der Waals surface area (Å²) in [5.41, 5.74) is 2.96. The highest BCUT2D eigenvalue weighted by Gasteiger charge is 2.10. The minimum Gasteiger partial charge on any atom is -0.342 e. The molecule has 0 radical (unpaired) electrons. The number of imidazole rings is 1. The molecule has 1 N–H and O–H groups in total. The number of fused-ring (bicyclic) bond motifs is 1. The van der Waals surface area contributed by atoms with E-state index in [9.17, 15) is 0 Å². The number of aromatic nitrogens is 3. The summed E-state index contributed by atoms with van der Waals surface area (Å²) in [7, 11) is 1.93. The van der Waals surface area contributed by atoms with Gasteiger partial charge in [-0.25, -0.2) is 9.97 Å². The first kappa shape index (κ1) is 11.7.